The maximum Gasteiger partial charge on any atom is 0.296 e. The molecule has 8 nitrogen and oxygen atoms in total. The fourth-order valence-electron chi connectivity index (χ4n) is 3.75. The Labute approximate surface area is 196 Å². The maximum absolute atomic E-state index is 13.0. The third-order valence-electron chi connectivity index (χ3n) is 5.77. The van der Waals surface area contributed by atoms with Crippen molar-refractivity contribution in [3.63, 3.8) is 0 Å². The van der Waals surface area contributed by atoms with E-state index in [2.05, 4.69) is 27.3 Å². The van der Waals surface area contributed by atoms with Crippen molar-refractivity contribution < 1.29 is 19.0 Å². The minimum Gasteiger partial charge on any atom is -0.501 e. The van der Waals surface area contributed by atoms with Gasteiger partial charge in [0.25, 0.3) is 11.5 Å². The number of amides is 1. The quantitative estimate of drug-likeness (QED) is 0.528. The summed E-state index contributed by atoms with van der Waals surface area (Å²) in [7, 11) is 0. The number of halogens is 1. The molecule has 4 rings (SSSR count). The second kappa shape index (κ2) is 11.0. The Balaban J connectivity index is 1.33. The van der Waals surface area contributed by atoms with E-state index in [1.807, 2.05) is 12.1 Å². The molecule has 9 heteroatoms. The van der Waals surface area contributed by atoms with Crippen LogP contribution in [-0.4, -0.2) is 51.8 Å². The van der Waals surface area contributed by atoms with Gasteiger partial charge >= 0.3 is 0 Å². The van der Waals surface area contributed by atoms with Gasteiger partial charge in [0.05, 0.1) is 19.5 Å². The zero-order chi connectivity index (χ0) is 23.9. The zero-order valence-corrected chi connectivity index (χ0v) is 18.7. The van der Waals surface area contributed by atoms with Gasteiger partial charge in [-0.25, -0.2) is 9.37 Å². The first-order chi connectivity index (χ1) is 16.5. The number of benzene rings is 2. The van der Waals surface area contributed by atoms with Gasteiger partial charge in [0.1, 0.15) is 5.82 Å². The van der Waals surface area contributed by atoms with Crippen LogP contribution >= 0.6 is 0 Å². The number of rotatable bonds is 8. The summed E-state index contributed by atoms with van der Waals surface area (Å²) >= 11 is 0. The van der Waals surface area contributed by atoms with E-state index in [-0.39, 0.29) is 18.1 Å². The molecule has 1 aromatic heterocycles. The van der Waals surface area contributed by atoms with Crippen molar-refractivity contribution in [1.82, 2.24) is 19.8 Å². The van der Waals surface area contributed by atoms with E-state index < -0.39 is 17.2 Å². The number of morpholine rings is 1. The molecule has 0 atom stereocenters. The number of nitrogens with zero attached hydrogens (tertiary/aromatic N) is 3. The first kappa shape index (κ1) is 23.6. The molecule has 1 amide bonds. The number of carbonyl (C=O) groups excluding carboxylic acids is 1. The van der Waals surface area contributed by atoms with Crippen molar-refractivity contribution >= 4 is 5.91 Å². The Hall–Kier alpha value is -3.56. The SMILES string of the molecule is O=C(NCc1ccc(F)cc1)c1ncn(CCc2ccc(CN3CCOCC3)cc2)c(=O)c1O. The molecule has 2 heterocycles. The highest BCUT2D eigenvalue weighted by Crippen LogP contribution is 2.12. The molecule has 0 aliphatic carbocycles. The predicted molar refractivity (Wildman–Crippen MR) is 124 cm³/mol. The standard InChI is InChI=1S/C25H27FN4O4/c26-21-7-5-19(6-8-21)15-27-24(32)22-23(31)25(33)30(17-28-22)10-9-18-1-3-20(4-2-18)16-29-11-13-34-14-12-29/h1-8,17,31H,9-16H2,(H,27,32). The van der Waals surface area contributed by atoms with Gasteiger partial charge in [-0.1, -0.05) is 36.4 Å². The monoisotopic (exact) mass is 466 g/mol. The molecule has 0 bridgehead atoms. The predicted octanol–water partition coefficient (Wildman–Crippen LogP) is 2.09. The maximum atomic E-state index is 13.0. The topological polar surface area (TPSA) is 96.7 Å². The van der Waals surface area contributed by atoms with Gasteiger partial charge in [0.15, 0.2) is 5.69 Å². The van der Waals surface area contributed by atoms with E-state index in [4.69, 9.17) is 4.74 Å². The molecule has 0 radical (unpaired) electrons. The van der Waals surface area contributed by atoms with E-state index in [0.717, 1.165) is 38.4 Å². The molecule has 0 spiro atoms. The lowest BCUT2D eigenvalue weighted by atomic mass is 10.1. The van der Waals surface area contributed by atoms with Crippen LogP contribution in [0.4, 0.5) is 4.39 Å². The van der Waals surface area contributed by atoms with Gasteiger partial charge in [-0.15, -0.1) is 0 Å². The van der Waals surface area contributed by atoms with Gasteiger partial charge < -0.3 is 15.2 Å². The lowest BCUT2D eigenvalue weighted by Crippen LogP contribution is -2.35. The largest absolute Gasteiger partial charge is 0.501 e. The third-order valence-corrected chi connectivity index (χ3v) is 5.77. The normalized spacial score (nSPS) is 14.1. The summed E-state index contributed by atoms with van der Waals surface area (Å²) in [4.78, 5) is 31.2. The van der Waals surface area contributed by atoms with Crippen molar-refractivity contribution in [2.45, 2.75) is 26.1 Å². The summed E-state index contributed by atoms with van der Waals surface area (Å²) in [6.07, 6.45) is 1.84. The van der Waals surface area contributed by atoms with Crippen LogP contribution in [0.1, 0.15) is 27.2 Å². The highest BCUT2D eigenvalue weighted by Gasteiger charge is 2.17. The fourth-order valence-corrected chi connectivity index (χ4v) is 3.75. The van der Waals surface area contributed by atoms with Crippen molar-refractivity contribution in [2.24, 2.45) is 0 Å². The number of hydrogen-bond acceptors (Lipinski definition) is 6. The first-order valence-corrected chi connectivity index (χ1v) is 11.2. The van der Waals surface area contributed by atoms with Crippen LogP contribution < -0.4 is 10.9 Å². The van der Waals surface area contributed by atoms with Gasteiger partial charge in [0, 0.05) is 32.7 Å². The van der Waals surface area contributed by atoms with Crippen LogP contribution in [0, 0.1) is 5.82 Å². The van der Waals surface area contributed by atoms with E-state index in [1.165, 1.54) is 40.7 Å². The summed E-state index contributed by atoms with van der Waals surface area (Å²) in [5.41, 5.74) is 1.94. The molecule has 0 saturated carbocycles. The highest BCUT2D eigenvalue weighted by molar-refractivity contribution is 5.94. The average Bonchev–Trinajstić information content (AvgIpc) is 2.86. The highest BCUT2D eigenvalue weighted by atomic mass is 19.1. The van der Waals surface area contributed by atoms with Crippen LogP contribution in [0.5, 0.6) is 5.75 Å². The molecule has 1 saturated heterocycles. The molecular formula is C25H27FN4O4. The summed E-state index contributed by atoms with van der Waals surface area (Å²) < 4.78 is 19.7. The van der Waals surface area contributed by atoms with E-state index >= 15 is 0 Å². The Morgan fingerprint density at radius 1 is 1.03 bits per heavy atom. The second-order valence-electron chi connectivity index (χ2n) is 8.20. The van der Waals surface area contributed by atoms with Crippen molar-refractivity contribution in [3.05, 3.63) is 93.4 Å². The zero-order valence-electron chi connectivity index (χ0n) is 18.7. The van der Waals surface area contributed by atoms with E-state index in [9.17, 15) is 19.1 Å². The van der Waals surface area contributed by atoms with Gasteiger partial charge in [-0.05, 0) is 35.2 Å². The summed E-state index contributed by atoms with van der Waals surface area (Å²) in [6, 6.07) is 13.9. The van der Waals surface area contributed by atoms with Crippen LogP contribution in [0.3, 0.4) is 0 Å². The molecule has 1 aliphatic heterocycles. The molecule has 2 N–H and O–H groups in total. The van der Waals surface area contributed by atoms with Crippen LogP contribution in [0.25, 0.3) is 0 Å². The molecule has 178 valence electrons. The average molecular weight is 467 g/mol. The number of aromatic hydroxyl groups is 1. The van der Waals surface area contributed by atoms with Crippen molar-refractivity contribution in [1.29, 1.82) is 0 Å². The van der Waals surface area contributed by atoms with E-state index in [0.29, 0.717) is 18.5 Å². The Morgan fingerprint density at radius 3 is 2.38 bits per heavy atom. The third kappa shape index (κ3) is 6.06. The number of aryl methyl sites for hydroxylation is 2. The lowest BCUT2D eigenvalue weighted by Gasteiger charge is -2.26. The van der Waals surface area contributed by atoms with E-state index in [1.54, 1.807) is 0 Å². The van der Waals surface area contributed by atoms with Gasteiger partial charge in [-0.3, -0.25) is 19.1 Å². The number of hydrogen-bond donors (Lipinski definition) is 2. The minimum absolute atomic E-state index is 0.116. The Bertz CT molecular complexity index is 1170. The first-order valence-electron chi connectivity index (χ1n) is 11.2. The fraction of sp³-hybridized carbons (Fsp3) is 0.320. The smallest absolute Gasteiger partial charge is 0.296 e. The number of carbonyl (C=O) groups is 1. The minimum atomic E-state index is -0.694. The molecule has 2 aromatic carbocycles. The molecular weight excluding hydrogens is 439 g/mol. The summed E-state index contributed by atoms with van der Waals surface area (Å²) in [6.45, 7) is 4.71. The molecule has 3 aromatic rings. The summed E-state index contributed by atoms with van der Waals surface area (Å²) in [5.74, 6) is -1.75. The molecule has 0 unspecified atom stereocenters. The van der Waals surface area contributed by atoms with Crippen LogP contribution in [-0.2, 0) is 30.8 Å². The number of nitrogens with one attached hydrogen (secondary N) is 1. The van der Waals surface area contributed by atoms with Gasteiger partial charge in [-0.2, -0.15) is 0 Å². The molecule has 1 fully saturated rings. The van der Waals surface area contributed by atoms with Crippen LogP contribution in [0.15, 0.2) is 59.7 Å². The lowest BCUT2D eigenvalue weighted by molar-refractivity contribution is 0.0342. The number of aromatic nitrogens is 2. The Morgan fingerprint density at radius 2 is 1.68 bits per heavy atom. The molecule has 34 heavy (non-hydrogen) atoms. The van der Waals surface area contributed by atoms with Crippen molar-refractivity contribution in [2.75, 3.05) is 26.3 Å². The van der Waals surface area contributed by atoms with Gasteiger partial charge in [0.2, 0.25) is 5.75 Å². The summed E-state index contributed by atoms with van der Waals surface area (Å²) in [5, 5.41) is 12.8. The van der Waals surface area contributed by atoms with Crippen molar-refractivity contribution in [3.8, 4) is 5.75 Å². The number of ether oxygens (including phenoxy) is 1. The van der Waals surface area contributed by atoms with Crippen LogP contribution in [0.2, 0.25) is 0 Å². The second-order valence-corrected chi connectivity index (χ2v) is 8.20. The molecule has 1 aliphatic rings. The Kier molecular flexibility index (Phi) is 7.66.